The van der Waals surface area contributed by atoms with Crippen molar-refractivity contribution in [2.45, 2.75) is 32.5 Å². The molecular weight excluding hydrogens is 267 g/mol. The number of fused-ring (bicyclic) bond motifs is 1. The molecule has 1 unspecified atom stereocenters. The van der Waals surface area contributed by atoms with Gasteiger partial charge in [-0.2, -0.15) is 13.2 Å². The van der Waals surface area contributed by atoms with Gasteiger partial charge in [0.15, 0.2) is 5.82 Å². The molecule has 2 heterocycles. The summed E-state index contributed by atoms with van der Waals surface area (Å²) in [6.45, 7) is 2.90. The largest absolute Gasteiger partial charge is 0.416 e. The van der Waals surface area contributed by atoms with Crippen molar-refractivity contribution in [3.05, 3.63) is 35.7 Å². The number of benzene rings is 1. The van der Waals surface area contributed by atoms with Gasteiger partial charge in [-0.15, -0.1) is 10.2 Å². The van der Waals surface area contributed by atoms with Crippen molar-refractivity contribution >= 4 is 0 Å². The van der Waals surface area contributed by atoms with E-state index in [0.717, 1.165) is 37.3 Å². The Morgan fingerprint density at radius 2 is 2.05 bits per heavy atom. The van der Waals surface area contributed by atoms with E-state index in [-0.39, 0.29) is 0 Å². The van der Waals surface area contributed by atoms with Gasteiger partial charge in [0.25, 0.3) is 0 Å². The Kier molecular flexibility index (Phi) is 3.03. The number of alkyl halides is 3. The van der Waals surface area contributed by atoms with Crippen LogP contribution in [-0.4, -0.2) is 14.8 Å². The van der Waals surface area contributed by atoms with Crippen LogP contribution in [-0.2, 0) is 19.1 Å². The second kappa shape index (κ2) is 4.61. The minimum Gasteiger partial charge on any atom is -0.311 e. The molecule has 6 heteroatoms. The molecule has 0 N–H and O–H groups in total. The first-order valence-corrected chi connectivity index (χ1v) is 6.55. The zero-order chi connectivity index (χ0) is 14.3. The average Bonchev–Trinajstić information content (AvgIpc) is 2.80. The molecule has 0 radical (unpaired) electrons. The number of aromatic nitrogens is 3. The van der Waals surface area contributed by atoms with E-state index in [0.29, 0.717) is 17.3 Å². The third-order valence-corrected chi connectivity index (χ3v) is 3.65. The molecule has 0 saturated heterocycles. The van der Waals surface area contributed by atoms with Crippen LogP contribution in [0.15, 0.2) is 24.3 Å². The van der Waals surface area contributed by atoms with Gasteiger partial charge in [0.2, 0.25) is 0 Å². The number of hydrogen-bond acceptors (Lipinski definition) is 2. The number of hydrogen-bond donors (Lipinski definition) is 0. The highest BCUT2D eigenvalue weighted by Gasteiger charge is 2.31. The molecule has 0 bridgehead atoms. The maximum atomic E-state index is 12.8. The fourth-order valence-electron chi connectivity index (χ4n) is 2.53. The molecule has 1 aromatic carbocycles. The molecule has 1 aromatic heterocycles. The lowest BCUT2D eigenvalue weighted by molar-refractivity contribution is -0.137. The van der Waals surface area contributed by atoms with Gasteiger partial charge in [-0.1, -0.05) is 19.1 Å². The van der Waals surface area contributed by atoms with Crippen molar-refractivity contribution in [1.82, 2.24) is 14.8 Å². The van der Waals surface area contributed by atoms with Gasteiger partial charge < -0.3 is 4.57 Å². The second-order valence-corrected chi connectivity index (χ2v) is 5.27. The number of rotatable bonds is 1. The molecule has 0 saturated carbocycles. The van der Waals surface area contributed by atoms with E-state index < -0.39 is 11.7 Å². The van der Waals surface area contributed by atoms with Crippen LogP contribution in [0.5, 0.6) is 0 Å². The van der Waals surface area contributed by atoms with Crippen molar-refractivity contribution in [1.29, 1.82) is 0 Å². The van der Waals surface area contributed by atoms with E-state index in [1.165, 1.54) is 6.07 Å². The first-order chi connectivity index (χ1) is 9.45. The minimum atomic E-state index is -4.34. The van der Waals surface area contributed by atoms with Crippen LogP contribution in [0.3, 0.4) is 0 Å². The summed E-state index contributed by atoms with van der Waals surface area (Å²) < 4.78 is 40.2. The van der Waals surface area contributed by atoms with Gasteiger partial charge in [-0.25, -0.2) is 0 Å². The standard InChI is InChI=1S/C14H14F3N3/c1-9-5-6-20-12(7-9)18-19-13(20)10-3-2-4-11(8-10)14(15,16)17/h2-4,8-9H,5-7H2,1H3. The van der Waals surface area contributed by atoms with Gasteiger partial charge in [-0.05, 0) is 24.5 Å². The highest BCUT2D eigenvalue weighted by Crippen LogP contribution is 2.32. The van der Waals surface area contributed by atoms with Crippen molar-refractivity contribution in [3.8, 4) is 11.4 Å². The summed E-state index contributed by atoms with van der Waals surface area (Å²) in [5.74, 6) is 1.93. The Morgan fingerprint density at radius 1 is 1.25 bits per heavy atom. The Hall–Kier alpha value is -1.85. The Labute approximate surface area is 114 Å². The van der Waals surface area contributed by atoms with Crippen LogP contribution >= 0.6 is 0 Å². The van der Waals surface area contributed by atoms with Crippen LogP contribution in [0.2, 0.25) is 0 Å². The van der Waals surface area contributed by atoms with E-state index >= 15 is 0 Å². The molecule has 0 fully saturated rings. The van der Waals surface area contributed by atoms with E-state index in [4.69, 9.17) is 0 Å². The quantitative estimate of drug-likeness (QED) is 0.800. The van der Waals surface area contributed by atoms with E-state index in [2.05, 4.69) is 17.1 Å². The SMILES string of the molecule is CC1CCn2c(nnc2-c2cccc(C(F)(F)F)c2)C1. The lowest BCUT2D eigenvalue weighted by Gasteiger charge is -2.20. The van der Waals surface area contributed by atoms with Gasteiger partial charge in [0.05, 0.1) is 5.56 Å². The summed E-state index contributed by atoms with van der Waals surface area (Å²) in [5, 5.41) is 8.18. The van der Waals surface area contributed by atoms with Crippen LogP contribution in [0.4, 0.5) is 13.2 Å². The first kappa shape index (κ1) is 13.1. The van der Waals surface area contributed by atoms with E-state index in [1.54, 1.807) is 6.07 Å². The van der Waals surface area contributed by atoms with Gasteiger partial charge in [-0.3, -0.25) is 0 Å². The lowest BCUT2D eigenvalue weighted by atomic mass is 10.00. The summed E-state index contributed by atoms with van der Waals surface area (Å²) in [6, 6.07) is 5.25. The molecule has 0 amide bonds. The number of nitrogens with zero attached hydrogens (tertiary/aromatic N) is 3. The molecule has 1 atom stereocenters. The maximum Gasteiger partial charge on any atom is 0.416 e. The Bertz CT molecular complexity index is 631. The third kappa shape index (κ3) is 2.30. The zero-order valence-electron chi connectivity index (χ0n) is 11.0. The summed E-state index contributed by atoms with van der Waals surface area (Å²) in [6.07, 6.45) is -2.52. The molecule has 3 rings (SSSR count). The first-order valence-electron chi connectivity index (χ1n) is 6.55. The number of halogens is 3. The van der Waals surface area contributed by atoms with Crippen LogP contribution < -0.4 is 0 Å². The zero-order valence-corrected chi connectivity index (χ0v) is 11.0. The molecule has 20 heavy (non-hydrogen) atoms. The summed E-state index contributed by atoms with van der Waals surface area (Å²) in [5.41, 5.74) is -0.190. The van der Waals surface area contributed by atoms with E-state index in [1.807, 2.05) is 4.57 Å². The van der Waals surface area contributed by atoms with Crippen molar-refractivity contribution in [2.24, 2.45) is 5.92 Å². The highest BCUT2D eigenvalue weighted by molar-refractivity contribution is 5.57. The molecule has 3 nitrogen and oxygen atoms in total. The fourth-order valence-corrected chi connectivity index (χ4v) is 2.53. The van der Waals surface area contributed by atoms with Crippen molar-refractivity contribution in [3.63, 3.8) is 0 Å². The monoisotopic (exact) mass is 281 g/mol. The van der Waals surface area contributed by atoms with Crippen LogP contribution in [0.1, 0.15) is 24.7 Å². The van der Waals surface area contributed by atoms with Gasteiger partial charge >= 0.3 is 6.18 Å². The summed E-state index contributed by atoms with van der Waals surface area (Å²) in [4.78, 5) is 0. The van der Waals surface area contributed by atoms with Crippen LogP contribution in [0.25, 0.3) is 11.4 Å². The average molecular weight is 281 g/mol. The fraction of sp³-hybridized carbons (Fsp3) is 0.429. The summed E-state index contributed by atoms with van der Waals surface area (Å²) in [7, 11) is 0. The minimum absolute atomic E-state index is 0.466. The van der Waals surface area contributed by atoms with Crippen molar-refractivity contribution in [2.75, 3.05) is 0 Å². The molecule has 1 aliphatic rings. The molecule has 1 aliphatic heterocycles. The maximum absolute atomic E-state index is 12.8. The molecule has 106 valence electrons. The second-order valence-electron chi connectivity index (χ2n) is 5.27. The smallest absolute Gasteiger partial charge is 0.311 e. The molecule has 2 aromatic rings. The predicted molar refractivity (Wildman–Crippen MR) is 67.9 cm³/mol. The molecule has 0 aliphatic carbocycles. The van der Waals surface area contributed by atoms with E-state index in [9.17, 15) is 13.2 Å². The van der Waals surface area contributed by atoms with Gasteiger partial charge in [0.1, 0.15) is 5.82 Å². The van der Waals surface area contributed by atoms with Crippen molar-refractivity contribution < 1.29 is 13.2 Å². The Balaban J connectivity index is 2.02. The van der Waals surface area contributed by atoms with Gasteiger partial charge in [0, 0.05) is 18.5 Å². The highest BCUT2D eigenvalue weighted by atomic mass is 19.4. The molecular formula is C14H14F3N3. The normalized spacial score (nSPS) is 18.9. The molecule has 0 spiro atoms. The summed E-state index contributed by atoms with van der Waals surface area (Å²) >= 11 is 0. The lowest BCUT2D eigenvalue weighted by Crippen LogP contribution is -2.18. The topological polar surface area (TPSA) is 30.7 Å². The van der Waals surface area contributed by atoms with Crippen LogP contribution in [0, 0.1) is 5.92 Å². The third-order valence-electron chi connectivity index (χ3n) is 3.65. The predicted octanol–water partition coefficient (Wildman–Crippen LogP) is 3.55. The Morgan fingerprint density at radius 3 is 2.80 bits per heavy atom.